The zero-order valence-electron chi connectivity index (χ0n) is 18.4. The zero-order valence-corrected chi connectivity index (χ0v) is 19.2. The summed E-state index contributed by atoms with van der Waals surface area (Å²) in [5.41, 5.74) is 4.04. The van der Waals surface area contributed by atoms with E-state index in [1.165, 1.54) is 4.57 Å². The second kappa shape index (κ2) is 9.21. The van der Waals surface area contributed by atoms with E-state index in [0.29, 0.717) is 22.4 Å². The maximum Gasteiger partial charge on any atom is 0.406 e. The molecule has 5 rings (SSSR count). The maximum atomic E-state index is 13.5. The van der Waals surface area contributed by atoms with E-state index in [1.807, 2.05) is 6.07 Å². The molecule has 0 radical (unpaired) electrons. The Morgan fingerprint density at radius 1 is 1.24 bits per heavy atom. The van der Waals surface area contributed by atoms with Crippen molar-refractivity contribution in [3.05, 3.63) is 30.0 Å². The number of rotatable bonds is 7. The van der Waals surface area contributed by atoms with Crippen LogP contribution in [0.25, 0.3) is 10.9 Å². The number of fused-ring (bicyclic) bond motifs is 1. The third kappa shape index (κ3) is 5.22. The number of nitrogens with one attached hydrogen (secondary N) is 3. The van der Waals surface area contributed by atoms with Crippen molar-refractivity contribution in [2.75, 3.05) is 23.4 Å². The molecule has 2 aliphatic heterocycles. The van der Waals surface area contributed by atoms with Gasteiger partial charge in [-0.05, 0) is 43.9 Å². The highest BCUT2D eigenvalue weighted by atomic mass is 32.2. The van der Waals surface area contributed by atoms with E-state index in [4.69, 9.17) is 4.84 Å². The SMILES string of the molecule is O=C(NCC1N=C(c2cc3c(NC4CCS(=O)CC4)cccc3n2CC(F)(F)F)NO1)C1CC1. The number of hydrogen-bond acceptors (Lipinski definition) is 6. The van der Waals surface area contributed by atoms with Crippen molar-refractivity contribution in [3.63, 3.8) is 0 Å². The third-order valence-electron chi connectivity index (χ3n) is 6.24. The number of carbonyl (C=O) groups is 1. The predicted molar refractivity (Wildman–Crippen MR) is 123 cm³/mol. The second-order valence-electron chi connectivity index (χ2n) is 8.91. The van der Waals surface area contributed by atoms with Crippen molar-refractivity contribution in [1.29, 1.82) is 0 Å². The van der Waals surface area contributed by atoms with Gasteiger partial charge < -0.3 is 15.2 Å². The number of alkyl halides is 3. The minimum atomic E-state index is -4.44. The zero-order chi connectivity index (χ0) is 23.9. The van der Waals surface area contributed by atoms with Gasteiger partial charge in [0, 0.05) is 45.3 Å². The van der Waals surface area contributed by atoms with Crippen molar-refractivity contribution in [2.24, 2.45) is 10.9 Å². The number of amides is 1. The summed E-state index contributed by atoms with van der Waals surface area (Å²) in [6, 6.07) is 6.99. The Hall–Kier alpha value is -2.60. The first-order valence-electron chi connectivity index (χ1n) is 11.3. The molecule has 1 aliphatic carbocycles. The lowest BCUT2D eigenvalue weighted by Crippen LogP contribution is -2.33. The van der Waals surface area contributed by atoms with Gasteiger partial charge in [-0.1, -0.05) is 6.07 Å². The van der Waals surface area contributed by atoms with Gasteiger partial charge in [0.25, 0.3) is 0 Å². The van der Waals surface area contributed by atoms with Crippen LogP contribution in [0.4, 0.5) is 18.9 Å². The molecule has 1 saturated carbocycles. The van der Waals surface area contributed by atoms with Crippen LogP contribution in [0, 0.1) is 5.92 Å². The fourth-order valence-corrected chi connectivity index (χ4v) is 5.62. The van der Waals surface area contributed by atoms with Crippen LogP contribution in [-0.4, -0.2) is 57.0 Å². The molecule has 1 aromatic heterocycles. The standard InChI is InChI=1S/C22H26F3N5O3S/c23-22(24,25)12-30-17-3-1-2-16(27-14-6-8-34(32)9-7-14)15(17)10-18(30)20-28-19(33-29-20)11-26-21(31)13-4-5-13/h1-3,10,13-14,19,27H,4-9,11-12H2,(H,26,31)(H,28,29). The molecule has 1 unspecified atom stereocenters. The van der Waals surface area contributed by atoms with E-state index >= 15 is 0 Å². The molecule has 3 heterocycles. The number of anilines is 1. The van der Waals surface area contributed by atoms with Crippen LogP contribution in [0.5, 0.6) is 0 Å². The fourth-order valence-electron chi connectivity index (χ4n) is 4.32. The molecule has 12 heteroatoms. The number of amidine groups is 1. The molecule has 1 amide bonds. The molecule has 1 atom stereocenters. The first-order valence-corrected chi connectivity index (χ1v) is 12.8. The Labute approximate surface area is 196 Å². The van der Waals surface area contributed by atoms with Gasteiger partial charge in [0.2, 0.25) is 5.91 Å². The average Bonchev–Trinajstić information content (AvgIpc) is 3.44. The third-order valence-corrected chi connectivity index (χ3v) is 7.62. The van der Waals surface area contributed by atoms with E-state index in [2.05, 4.69) is 21.1 Å². The summed E-state index contributed by atoms with van der Waals surface area (Å²) in [4.78, 5) is 21.7. The molecular formula is C22H26F3N5O3S. The summed E-state index contributed by atoms with van der Waals surface area (Å²) in [6.45, 7) is -1.04. The summed E-state index contributed by atoms with van der Waals surface area (Å²) in [5, 5.41) is 6.84. The van der Waals surface area contributed by atoms with Crippen molar-refractivity contribution < 1.29 is 27.0 Å². The summed E-state index contributed by atoms with van der Waals surface area (Å²) in [6.07, 6.45) is -1.93. The van der Waals surface area contributed by atoms with Gasteiger partial charge in [0.15, 0.2) is 12.1 Å². The molecular weight excluding hydrogens is 471 g/mol. The lowest BCUT2D eigenvalue weighted by Gasteiger charge is -2.24. The van der Waals surface area contributed by atoms with E-state index in [0.717, 1.165) is 31.4 Å². The average molecular weight is 498 g/mol. The Bertz CT molecular complexity index is 1130. The molecule has 2 fully saturated rings. The van der Waals surface area contributed by atoms with E-state index in [9.17, 15) is 22.2 Å². The number of hydrogen-bond donors (Lipinski definition) is 3. The molecule has 8 nitrogen and oxygen atoms in total. The van der Waals surface area contributed by atoms with E-state index in [-0.39, 0.29) is 35.9 Å². The number of aliphatic imine (C=N–C) groups is 1. The largest absolute Gasteiger partial charge is 0.406 e. The van der Waals surface area contributed by atoms with Crippen LogP contribution in [0.2, 0.25) is 0 Å². The van der Waals surface area contributed by atoms with E-state index < -0.39 is 29.7 Å². The highest BCUT2D eigenvalue weighted by Gasteiger charge is 2.33. The van der Waals surface area contributed by atoms with Crippen molar-refractivity contribution in [2.45, 2.75) is 50.7 Å². The van der Waals surface area contributed by atoms with Crippen LogP contribution < -0.4 is 16.1 Å². The van der Waals surface area contributed by atoms with Crippen LogP contribution in [0.1, 0.15) is 31.4 Å². The number of nitrogens with zero attached hydrogens (tertiary/aromatic N) is 2. The maximum absolute atomic E-state index is 13.5. The Balaban J connectivity index is 1.43. The van der Waals surface area contributed by atoms with E-state index in [1.54, 1.807) is 18.2 Å². The van der Waals surface area contributed by atoms with Gasteiger partial charge in [-0.25, -0.2) is 15.3 Å². The predicted octanol–water partition coefficient (Wildman–Crippen LogP) is 2.66. The molecule has 3 N–H and O–H groups in total. The lowest BCUT2D eigenvalue weighted by atomic mass is 10.1. The van der Waals surface area contributed by atoms with Gasteiger partial charge in [-0.15, -0.1) is 0 Å². The summed E-state index contributed by atoms with van der Waals surface area (Å²) >= 11 is 0. The molecule has 1 saturated heterocycles. The number of halogens is 3. The van der Waals surface area contributed by atoms with Gasteiger partial charge in [0.1, 0.15) is 6.54 Å². The smallest absolute Gasteiger partial charge is 0.382 e. The van der Waals surface area contributed by atoms with Crippen LogP contribution in [0.3, 0.4) is 0 Å². The lowest BCUT2D eigenvalue weighted by molar-refractivity contribution is -0.140. The quantitative estimate of drug-likeness (QED) is 0.547. The highest BCUT2D eigenvalue weighted by Crippen LogP contribution is 2.32. The van der Waals surface area contributed by atoms with Crippen LogP contribution >= 0.6 is 0 Å². The molecule has 184 valence electrons. The topological polar surface area (TPSA) is 96.8 Å². The summed E-state index contributed by atoms with van der Waals surface area (Å²) < 4.78 is 53.3. The normalized spacial score (nSPS) is 25.1. The molecule has 2 aromatic rings. The minimum Gasteiger partial charge on any atom is -0.382 e. The Kier molecular flexibility index (Phi) is 6.28. The first-order chi connectivity index (χ1) is 16.3. The van der Waals surface area contributed by atoms with Crippen molar-refractivity contribution in [1.82, 2.24) is 15.4 Å². The fraction of sp³-hybridized carbons (Fsp3) is 0.545. The highest BCUT2D eigenvalue weighted by molar-refractivity contribution is 7.85. The summed E-state index contributed by atoms with van der Waals surface area (Å²) in [7, 11) is -0.800. The van der Waals surface area contributed by atoms with Crippen LogP contribution in [-0.2, 0) is 27.0 Å². The van der Waals surface area contributed by atoms with Crippen molar-refractivity contribution in [3.8, 4) is 0 Å². The molecule has 0 bridgehead atoms. The van der Waals surface area contributed by atoms with Gasteiger partial charge >= 0.3 is 6.18 Å². The molecule has 1 aromatic carbocycles. The van der Waals surface area contributed by atoms with Crippen molar-refractivity contribution >= 4 is 39.1 Å². The summed E-state index contributed by atoms with van der Waals surface area (Å²) in [5.74, 6) is 1.41. The molecule has 3 aliphatic rings. The Morgan fingerprint density at radius 3 is 2.71 bits per heavy atom. The number of carbonyl (C=O) groups excluding carboxylic acids is 1. The number of hydroxylamine groups is 1. The second-order valence-corrected chi connectivity index (χ2v) is 10.6. The molecule has 0 spiro atoms. The number of benzene rings is 1. The first kappa shape index (κ1) is 23.2. The van der Waals surface area contributed by atoms with Gasteiger partial charge in [-0.2, -0.15) is 13.2 Å². The monoisotopic (exact) mass is 497 g/mol. The van der Waals surface area contributed by atoms with Crippen LogP contribution in [0.15, 0.2) is 29.3 Å². The van der Waals surface area contributed by atoms with Gasteiger partial charge in [0.05, 0.1) is 17.8 Å². The number of aromatic nitrogens is 1. The Morgan fingerprint density at radius 2 is 2.00 bits per heavy atom. The van der Waals surface area contributed by atoms with Gasteiger partial charge in [-0.3, -0.25) is 9.00 Å². The molecule has 34 heavy (non-hydrogen) atoms. The minimum absolute atomic E-state index is 0.0437.